The smallest absolute Gasteiger partial charge is 0.141 e. The number of nitrogens with zero attached hydrogens (tertiary/aromatic N) is 1. The van der Waals surface area contributed by atoms with Gasteiger partial charge in [0.1, 0.15) is 23.2 Å². The normalized spacial score (nSPS) is 13.9. The SMILES string of the molecule is Cc1ccc(C(C)C)c(Oc2cccc(F)c2C2=NCCN2)c1. The highest BCUT2D eigenvalue weighted by Gasteiger charge is 2.20. The zero-order valence-electron chi connectivity index (χ0n) is 13.7. The predicted octanol–water partition coefficient (Wildman–Crippen LogP) is 4.40. The molecule has 0 radical (unpaired) electrons. The van der Waals surface area contributed by atoms with E-state index in [4.69, 9.17) is 4.74 Å². The van der Waals surface area contributed by atoms with Gasteiger partial charge in [-0.25, -0.2) is 4.39 Å². The van der Waals surface area contributed by atoms with E-state index >= 15 is 0 Å². The molecule has 3 nitrogen and oxygen atoms in total. The summed E-state index contributed by atoms with van der Waals surface area (Å²) < 4.78 is 20.5. The number of rotatable bonds is 4. The van der Waals surface area contributed by atoms with E-state index in [0.29, 0.717) is 29.6 Å². The van der Waals surface area contributed by atoms with Gasteiger partial charge in [0, 0.05) is 6.54 Å². The van der Waals surface area contributed by atoms with E-state index in [1.54, 1.807) is 12.1 Å². The highest BCUT2D eigenvalue weighted by atomic mass is 19.1. The second kappa shape index (κ2) is 6.41. The summed E-state index contributed by atoms with van der Waals surface area (Å²) in [6.07, 6.45) is 0. The molecule has 0 amide bonds. The number of hydrogen-bond acceptors (Lipinski definition) is 3. The monoisotopic (exact) mass is 312 g/mol. The van der Waals surface area contributed by atoms with Crippen molar-refractivity contribution < 1.29 is 9.13 Å². The van der Waals surface area contributed by atoms with Gasteiger partial charge in [0.2, 0.25) is 0 Å². The summed E-state index contributed by atoms with van der Waals surface area (Å²) in [7, 11) is 0. The number of hydrogen-bond donors (Lipinski definition) is 1. The van der Waals surface area contributed by atoms with E-state index in [-0.39, 0.29) is 5.82 Å². The quantitative estimate of drug-likeness (QED) is 0.908. The topological polar surface area (TPSA) is 33.6 Å². The summed E-state index contributed by atoms with van der Waals surface area (Å²) in [5.74, 6) is 1.83. The molecule has 1 aliphatic rings. The predicted molar refractivity (Wildman–Crippen MR) is 91.1 cm³/mol. The van der Waals surface area contributed by atoms with Gasteiger partial charge in [0.15, 0.2) is 0 Å². The van der Waals surface area contributed by atoms with Gasteiger partial charge in [-0.2, -0.15) is 0 Å². The highest BCUT2D eigenvalue weighted by Crippen LogP contribution is 2.34. The lowest BCUT2D eigenvalue weighted by atomic mass is 10.0. The van der Waals surface area contributed by atoms with Crippen molar-refractivity contribution in [3.8, 4) is 11.5 Å². The van der Waals surface area contributed by atoms with E-state index in [1.807, 2.05) is 13.0 Å². The van der Waals surface area contributed by atoms with E-state index in [2.05, 4.69) is 36.3 Å². The van der Waals surface area contributed by atoms with Crippen molar-refractivity contribution in [3.05, 3.63) is 58.9 Å². The van der Waals surface area contributed by atoms with Crippen LogP contribution in [-0.2, 0) is 0 Å². The molecule has 0 saturated heterocycles. The Balaban J connectivity index is 2.04. The molecule has 0 saturated carbocycles. The van der Waals surface area contributed by atoms with Crippen LogP contribution in [0.3, 0.4) is 0 Å². The summed E-state index contributed by atoms with van der Waals surface area (Å²) in [6.45, 7) is 7.64. The Bertz CT molecular complexity index is 753. The molecule has 0 aliphatic carbocycles. The molecular formula is C19H21FN2O. The molecule has 0 atom stereocenters. The van der Waals surface area contributed by atoms with Gasteiger partial charge < -0.3 is 10.1 Å². The van der Waals surface area contributed by atoms with E-state index in [0.717, 1.165) is 23.4 Å². The standard InChI is InChI=1S/C19H21FN2O/c1-12(2)14-8-7-13(3)11-17(14)23-16-6-4-5-15(20)18(16)19-21-9-10-22-19/h4-8,11-12H,9-10H2,1-3H3,(H,21,22). The van der Waals surface area contributed by atoms with Crippen LogP contribution in [0.25, 0.3) is 0 Å². The van der Waals surface area contributed by atoms with Gasteiger partial charge in [-0.15, -0.1) is 0 Å². The van der Waals surface area contributed by atoms with Crippen LogP contribution in [0, 0.1) is 12.7 Å². The molecule has 23 heavy (non-hydrogen) atoms. The first-order valence-electron chi connectivity index (χ1n) is 7.92. The lowest BCUT2D eigenvalue weighted by Gasteiger charge is -2.17. The van der Waals surface area contributed by atoms with Gasteiger partial charge in [0.05, 0.1) is 12.1 Å². The highest BCUT2D eigenvalue weighted by molar-refractivity contribution is 6.02. The fourth-order valence-electron chi connectivity index (χ4n) is 2.71. The molecular weight excluding hydrogens is 291 g/mol. The van der Waals surface area contributed by atoms with E-state index in [9.17, 15) is 4.39 Å². The zero-order chi connectivity index (χ0) is 16.4. The Hall–Kier alpha value is -2.36. The van der Waals surface area contributed by atoms with Gasteiger partial charge in [-0.3, -0.25) is 4.99 Å². The number of benzene rings is 2. The average molecular weight is 312 g/mol. The van der Waals surface area contributed by atoms with Crippen LogP contribution >= 0.6 is 0 Å². The Morgan fingerprint density at radius 2 is 2.00 bits per heavy atom. The average Bonchev–Trinajstić information content (AvgIpc) is 3.01. The van der Waals surface area contributed by atoms with Crippen molar-refractivity contribution in [2.45, 2.75) is 26.7 Å². The third-order valence-electron chi connectivity index (χ3n) is 3.90. The zero-order valence-corrected chi connectivity index (χ0v) is 13.7. The fraction of sp³-hybridized carbons (Fsp3) is 0.316. The van der Waals surface area contributed by atoms with Crippen LogP contribution in [-0.4, -0.2) is 18.9 Å². The number of amidine groups is 1. The van der Waals surface area contributed by atoms with E-state index < -0.39 is 0 Å². The first-order chi connectivity index (χ1) is 11.1. The van der Waals surface area contributed by atoms with Crippen molar-refractivity contribution >= 4 is 5.84 Å². The van der Waals surface area contributed by atoms with Crippen LogP contribution in [0.5, 0.6) is 11.5 Å². The molecule has 1 aliphatic heterocycles. The third-order valence-corrected chi connectivity index (χ3v) is 3.90. The van der Waals surface area contributed by atoms with Gasteiger partial charge >= 0.3 is 0 Å². The maximum Gasteiger partial charge on any atom is 0.141 e. The largest absolute Gasteiger partial charge is 0.456 e. The van der Waals surface area contributed by atoms with Crippen molar-refractivity contribution in [1.29, 1.82) is 0 Å². The molecule has 1 N–H and O–H groups in total. The number of aliphatic imine (C=N–C) groups is 1. The Kier molecular flexibility index (Phi) is 4.33. The van der Waals surface area contributed by atoms with Crippen LogP contribution in [0.15, 0.2) is 41.4 Å². The fourth-order valence-corrected chi connectivity index (χ4v) is 2.71. The van der Waals surface area contributed by atoms with Crippen LogP contribution in [0.2, 0.25) is 0 Å². The van der Waals surface area contributed by atoms with Crippen LogP contribution in [0.4, 0.5) is 4.39 Å². The number of nitrogens with one attached hydrogen (secondary N) is 1. The first-order valence-corrected chi connectivity index (χ1v) is 7.92. The Labute approximate surface area is 136 Å². The maximum atomic E-state index is 14.3. The van der Waals surface area contributed by atoms with Crippen molar-refractivity contribution in [1.82, 2.24) is 5.32 Å². The number of aryl methyl sites for hydroxylation is 1. The lowest BCUT2D eigenvalue weighted by Crippen LogP contribution is -2.21. The first kappa shape index (κ1) is 15.5. The molecule has 0 bridgehead atoms. The van der Waals surface area contributed by atoms with Gasteiger partial charge in [-0.05, 0) is 42.2 Å². The number of halogens is 1. The van der Waals surface area contributed by atoms with Gasteiger partial charge in [0.25, 0.3) is 0 Å². The second-order valence-corrected chi connectivity index (χ2v) is 6.07. The molecule has 2 aromatic rings. The molecule has 0 unspecified atom stereocenters. The molecule has 4 heteroatoms. The molecule has 1 heterocycles. The second-order valence-electron chi connectivity index (χ2n) is 6.07. The minimum absolute atomic E-state index is 0.324. The molecule has 2 aromatic carbocycles. The minimum atomic E-state index is -0.325. The lowest BCUT2D eigenvalue weighted by molar-refractivity contribution is 0.466. The molecule has 0 aromatic heterocycles. The summed E-state index contributed by atoms with van der Waals surface area (Å²) in [5.41, 5.74) is 2.62. The third kappa shape index (κ3) is 3.21. The van der Waals surface area contributed by atoms with Crippen molar-refractivity contribution in [2.75, 3.05) is 13.1 Å². The van der Waals surface area contributed by atoms with Crippen LogP contribution < -0.4 is 10.1 Å². The summed E-state index contributed by atoms with van der Waals surface area (Å²) in [5, 5.41) is 3.12. The summed E-state index contributed by atoms with van der Waals surface area (Å²) >= 11 is 0. The molecule has 0 fully saturated rings. The maximum absolute atomic E-state index is 14.3. The van der Waals surface area contributed by atoms with Gasteiger partial charge in [-0.1, -0.05) is 32.0 Å². The summed E-state index contributed by atoms with van der Waals surface area (Å²) in [6, 6.07) is 11.0. The van der Waals surface area contributed by atoms with E-state index in [1.165, 1.54) is 6.07 Å². The summed E-state index contributed by atoms with van der Waals surface area (Å²) in [4.78, 5) is 4.33. The van der Waals surface area contributed by atoms with Crippen molar-refractivity contribution in [2.24, 2.45) is 4.99 Å². The Morgan fingerprint density at radius 1 is 1.17 bits per heavy atom. The molecule has 120 valence electrons. The minimum Gasteiger partial charge on any atom is -0.456 e. The van der Waals surface area contributed by atoms with Crippen molar-refractivity contribution in [3.63, 3.8) is 0 Å². The number of ether oxygens (including phenoxy) is 1. The Morgan fingerprint density at radius 3 is 2.70 bits per heavy atom. The molecule has 3 rings (SSSR count). The van der Waals surface area contributed by atoms with Crippen LogP contribution in [0.1, 0.15) is 36.5 Å². The molecule has 0 spiro atoms.